The maximum absolute atomic E-state index is 10.3. The minimum Gasteiger partial charge on any atom is -0.467 e. The second kappa shape index (κ2) is 7.80. The SMILES string of the molecule is NC(=O)CONCC(O)COCc1ccco1. The summed E-state index contributed by atoms with van der Waals surface area (Å²) in [6.07, 6.45) is 0.812. The predicted molar refractivity (Wildman–Crippen MR) is 57.5 cm³/mol. The van der Waals surface area contributed by atoms with Crippen LogP contribution in [0.25, 0.3) is 0 Å². The third kappa shape index (κ3) is 6.69. The second-order valence-electron chi connectivity index (χ2n) is 3.35. The van der Waals surface area contributed by atoms with Crippen molar-refractivity contribution >= 4 is 5.91 Å². The van der Waals surface area contributed by atoms with Crippen molar-refractivity contribution in [1.29, 1.82) is 0 Å². The zero-order chi connectivity index (χ0) is 12.5. The monoisotopic (exact) mass is 244 g/mol. The van der Waals surface area contributed by atoms with E-state index in [2.05, 4.69) is 10.3 Å². The van der Waals surface area contributed by atoms with Crippen molar-refractivity contribution in [1.82, 2.24) is 5.48 Å². The molecule has 1 unspecified atom stereocenters. The molecular formula is C10H16N2O5. The van der Waals surface area contributed by atoms with Gasteiger partial charge in [-0.15, -0.1) is 0 Å². The fourth-order valence-electron chi connectivity index (χ4n) is 1.03. The summed E-state index contributed by atoms with van der Waals surface area (Å²) < 4.78 is 10.2. The molecule has 1 aromatic heterocycles. The average molecular weight is 244 g/mol. The summed E-state index contributed by atoms with van der Waals surface area (Å²) >= 11 is 0. The number of carbonyl (C=O) groups is 1. The largest absolute Gasteiger partial charge is 0.467 e. The molecule has 96 valence electrons. The van der Waals surface area contributed by atoms with Crippen LogP contribution < -0.4 is 11.2 Å². The molecule has 0 bridgehead atoms. The highest BCUT2D eigenvalue weighted by atomic mass is 16.6. The number of furan rings is 1. The molecule has 0 spiro atoms. The lowest BCUT2D eigenvalue weighted by molar-refractivity contribution is -0.126. The summed E-state index contributed by atoms with van der Waals surface area (Å²) in [4.78, 5) is 15.0. The fraction of sp³-hybridized carbons (Fsp3) is 0.500. The van der Waals surface area contributed by atoms with Gasteiger partial charge in [-0.25, -0.2) is 0 Å². The summed E-state index contributed by atoms with van der Waals surface area (Å²) in [6, 6.07) is 3.54. The minimum atomic E-state index is -0.738. The zero-order valence-electron chi connectivity index (χ0n) is 9.30. The van der Waals surface area contributed by atoms with E-state index in [1.54, 1.807) is 18.4 Å². The van der Waals surface area contributed by atoms with Crippen LogP contribution in [0.3, 0.4) is 0 Å². The van der Waals surface area contributed by atoms with Gasteiger partial charge in [-0.05, 0) is 12.1 Å². The van der Waals surface area contributed by atoms with Gasteiger partial charge in [0.2, 0.25) is 5.91 Å². The molecule has 0 radical (unpaired) electrons. The van der Waals surface area contributed by atoms with E-state index in [1.807, 2.05) is 0 Å². The van der Waals surface area contributed by atoms with E-state index in [0.717, 1.165) is 0 Å². The van der Waals surface area contributed by atoms with E-state index >= 15 is 0 Å². The maximum atomic E-state index is 10.3. The van der Waals surface area contributed by atoms with Crippen molar-refractivity contribution < 1.29 is 23.9 Å². The van der Waals surface area contributed by atoms with Crippen LogP contribution in [0.5, 0.6) is 0 Å². The number of aliphatic hydroxyl groups is 1. The first-order valence-electron chi connectivity index (χ1n) is 5.09. The Kier molecular flexibility index (Phi) is 6.26. The number of aliphatic hydroxyl groups excluding tert-OH is 1. The first-order chi connectivity index (χ1) is 8.18. The quantitative estimate of drug-likeness (QED) is 0.386. The van der Waals surface area contributed by atoms with Gasteiger partial charge < -0.3 is 20.0 Å². The number of primary amides is 1. The normalized spacial score (nSPS) is 12.5. The molecule has 0 saturated heterocycles. The first-order valence-corrected chi connectivity index (χ1v) is 5.09. The molecule has 1 atom stereocenters. The summed E-state index contributed by atoms with van der Waals surface area (Å²) in [5.41, 5.74) is 7.25. The Bertz CT molecular complexity index is 315. The van der Waals surface area contributed by atoms with E-state index in [4.69, 9.17) is 14.9 Å². The van der Waals surface area contributed by atoms with Crippen molar-refractivity contribution in [3.05, 3.63) is 24.2 Å². The van der Waals surface area contributed by atoms with Crippen molar-refractivity contribution in [2.75, 3.05) is 19.8 Å². The summed E-state index contributed by atoms with van der Waals surface area (Å²) in [7, 11) is 0. The Labute approximate surface area is 98.4 Å². The van der Waals surface area contributed by atoms with Crippen LogP contribution in [-0.4, -0.2) is 36.9 Å². The number of nitrogens with two attached hydrogens (primary N) is 1. The summed E-state index contributed by atoms with van der Waals surface area (Å²) in [5, 5.41) is 9.43. The van der Waals surface area contributed by atoms with Crippen molar-refractivity contribution in [3.8, 4) is 0 Å². The molecule has 1 rings (SSSR count). The summed E-state index contributed by atoms with van der Waals surface area (Å²) in [6.45, 7) is 0.339. The second-order valence-corrected chi connectivity index (χ2v) is 3.35. The number of carbonyl (C=O) groups excluding carboxylic acids is 1. The number of amides is 1. The lowest BCUT2D eigenvalue weighted by Gasteiger charge is -2.11. The van der Waals surface area contributed by atoms with E-state index in [0.29, 0.717) is 12.4 Å². The van der Waals surface area contributed by atoms with Gasteiger partial charge in [0.1, 0.15) is 19.0 Å². The Morgan fingerprint density at radius 2 is 2.47 bits per heavy atom. The molecule has 0 saturated carbocycles. The molecule has 1 heterocycles. The van der Waals surface area contributed by atoms with Gasteiger partial charge in [0.15, 0.2) is 0 Å². The molecule has 0 aliphatic rings. The molecule has 7 nitrogen and oxygen atoms in total. The highest BCUT2D eigenvalue weighted by Crippen LogP contribution is 2.01. The maximum Gasteiger partial charge on any atom is 0.245 e. The number of nitrogens with one attached hydrogen (secondary N) is 1. The van der Waals surface area contributed by atoms with Gasteiger partial charge in [-0.1, -0.05) is 0 Å². The topological polar surface area (TPSA) is 107 Å². The Morgan fingerprint density at radius 1 is 1.65 bits per heavy atom. The predicted octanol–water partition coefficient (Wildman–Crippen LogP) is -0.836. The van der Waals surface area contributed by atoms with Crippen LogP contribution >= 0.6 is 0 Å². The number of rotatable bonds is 9. The standard InChI is InChI=1S/C10H16N2O5/c11-10(14)7-17-12-4-8(13)5-15-6-9-2-1-3-16-9/h1-3,8,12-13H,4-7H2,(H2,11,14). The highest BCUT2D eigenvalue weighted by Gasteiger charge is 2.05. The number of hydroxylamine groups is 1. The Morgan fingerprint density at radius 3 is 3.12 bits per heavy atom. The Hall–Kier alpha value is -1.41. The minimum absolute atomic E-state index is 0.133. The number of hydrogen-bond donors (Lipinski definition) is 3. The molecule has 0 aliphatic carbocycles. The number of hydrogen-bond acceptors (Lipinski definition) is 6. The fourth-order valence-corrected chi connectivity index (χ4v) is 1.03. The van der Waals surface area contributed by atoms with Crippen molar-refractivity contribution in [2.45, 2.75) is 12.7 Å². The number of ether oxygens (including phenoxy) is 1. The van der Waals surface area contributed by atoms with Crippen molar-refractivity contribution in [2.24, 2.45) is 5.73 Å². The van der Waals surface area contributed by atoms with Crippen LogP contribution in [0.15, 0.2) is 22.8 Å². The third-order valence-electron chi connectivity index (χ3n) is 1.77. The van der Waals surface area contributed by atoms with Gasteiger partial charge in [-0.3, -0.25) is 9.63 Å². The van der Waals surface area contributed by atoms with E-state index in [-0.39, 0.29) is 19.8 Å². The van der Waals surface area contributed by atoms with Gasteiger partial charge in [0.05, 0.1) is 19.0 Å². The smallest absolute Gasteiger partial charge is 0.245 e. The highest BCUT2D eigenvalue weighted by molar-refractivity contribution is 5.74. The average Bonchev–Trinajstić information content (AvgIpc) is 2.77. The van der Waals surface area contributed by atoms with Crippen LogP contribution in [-0.2, 0) is 21.0 Å². The first kappa shape index (κ1) is 13.7. The van der Waals surface area contributed by atoms with Gasteiger partial charge in [0.25, 0.3) is 0 Å². The van der Waals surface area contributed by atoms with E-state index < -0.39 is 12.0 Å². The summed E-state index contributed by atoms with van der Waals surface area (Å²) in [5.74, 6) is 0.108. The van der Waals surface area contributed by atoms with Gasteiger partial charge in [-0.2, -0.15) is 5.48 Å². The molecule has 1 aromatic rings. The van der Waals surface area contributed by atoms with Crippen LogP contribution in [0, 0.1) is 0 Å². The Balaban J connectivity index is 1.97. The molecule has 0 fully saturated rings. The van der Waals surface area contributed by atoms with E-state index in [1.165, 1.54) is 0 Å². The molecule has 4 N–H and O–H groups in total. The van der Waals surface area contributed by atoms with Crippen LogP contribution in [0.2, 0.25) is 0 Å². The molecule has 0 aliphatic heterocycles. The lowest BCUT2D eigenvalue weighted by atomic mass is 10.4. The van der Waals surface area contributed by atoms with Gasteiger partial charge >= 0.3 is 0 Å². The zero-order valence-corrected chi connectivity index (χ0v) is 9.30. The molecule has 17 heavy (non-hydrogen) atoms. The van der Waals surface area contributed by atoms with Crippen molar-refractivity contribution in [3.63, 3.8) is 0 Å². The van der Waals surface area contributed by atoms with E-state index in [9.17, 15) is 9.90 Å². The third-order valence-corrected chi connectivity index (χ3v) is 1.77. The molecule has 1 amide bonds. The molecular weight excluding hydrogens is 228 g/mol. The molecule has 7 heteroatoms. The van der Waals surface area contributed by atoms with Crippen LogP contribution in [0.4, 0.5) is 0 Å². The molecule has 0 aromatic carbocycles. The van der Waals surface area contributed by atoms with Gasteiger partial charge in [0, 0.05) is 6.54 Å². The lowest BCUT2D eigenvalue weighted by Crippen LogP contribution is -2.33. The van der Waals surface area contributed by atoms with Crippen LogP contribution in [0.1, 0.15) is 5.76 Å².